The standard InChI is InChI=1S/C43H74N4O3.CH3NO/c1-30(2)13-10-14-31(3)35-17-18-36-34-16-15-32-29-33(19-21-42(32,4)37(34)20-22-43(35,36)5)50-28-23-44-38-39(41(49)40(38)48)47(26-11-24-45(6)7)27-12-25-46(8)9;2-1-3/h15,30-31,33-37,44H,10-14,16-29H2,1-9H3;1H,(H2,2,3)/t31-,33?,34?,35?,36?,37?,42?,43?;/m1./s1. The summed E-state index contributed by atoms with van der Waals surface area (Å²) in [6.07, 6.45) is 19.6. The summed E-state index contributed by atoms with van der Waals surface area (Å²) in [6, 6.07) is 0. The van der Waals surface area contributed by atoms with E-state index >= 15 is 0 Å². The lowest BCUT2D eigenvalue weighted by molar-refractivity contribution is -0.106. The number of anilines is 2. The molecule has 5 rings (SSSR count). The van der Waals surface area contributed by atoms with Gasteiger partial charge >= 0.3 is 0 Å². The van der Waals surface area contributed by atoms with Crippen LogP contribution in [0.1, 0.15) is 118 Å². The van der Waals surface area contributed by atoms with Gasteiger partial charge in [-0.3, -0.25) is 14.4 Å². The molecule has 9 heteroatoms. The molecule has 0 bridgehead atoms. The van der Waals surface area contributed by atoms with Crippen LogP contribution in [0.15, 0.2) is 21.2 Å². The van der Waals surface area contributed by atoms with Gasteiger partial charge in [0.1, 0.15) is 11.4 Å². The van der Waals surface area contributed by atoms with E-state index in [9.17, 15) is 9.59 Å². The number of fused-ring (bicyclic) bond motifs is 5. The monoisotopic (exact) mass is 740 g/mol. The Morgan fingerprint density at radius 2 is 1.55 bits per heavy atom. The van der Waals surface area contributed by atoms with E-state index < -0.39 is 0 Å². The number of nitrogens with two attached hydrogens (primary N) is 1. The van der Waals surface area contributed by atoms with Crippen molar-refractivity contribution in [3.05, 3.63) is 32.1 Å². The van der Waals surface area contributed by atoms with Crippen LogP contribution in [-0.4, -0.2) is 89.8 Å². The number of nitrogens with one attached hydrogen (secondary N) is 1. The van der Waals surface area contributed by atoms with Crippen LogP contribution in [0.5, 0.6) is 0 Å². The molecule has 0 radical (unpaired) electrons. The molecule has 3 fully saturated rings. The molecule has 3 N–H and O–H groups in total. The third-order valence-corrected chi connectivity index (χ3v) is 14.3. The van der Waals surface area contributed by atoms with Crippen LogP contribution in [0.2, 0.25) is 0 Å². The summed E-state index contributed by atoms with van der Waals surface area (Å²) in [5.41, 5.74) is 7.05. The molecule has 0 spiro atoms. The zero-order valence-corrected chi connectivity index (χ0v) is 35.2. The van der Waals surface area contributed by atoms with Gasteiger partial charge in [0.25, 0.3) is 10.9 Å². The van der Waals surface area contributed by atoms with Crippen LogP contribution in [-0.2, 0) is 9.53 Å². The minimum Gasteiger partial charge on any atom is -0.378 e. The lowest BCUT2D eigenvalue weighted by Gasteiger charge is -2.58. The maximum Gasteiger partial charge on any atom is 0.253 e. The molecular formula is C44H77N5O4. The first-order chi connectivity index (χ1) is 25.2. The molecule has 1 amide bonds. The molecule has 53 heavy (non-hydrogen) atoms. The van der Waals surface area contributed by atoms with Gasteiger partial charge in [-0.25, -0.2) is 0 Å². The fourth-order valence-electron chi connectivity index (χ4n) is 11.5. The molecule has 0 aromatic heterocycles. The molecule has 0 saturated heterocycles. The summed E-state index contributed by atoms with van der Waals surface area (Å²) in [5.74, 6) is 5.16. The summed E-state index contributed by atoms with van der Waals surface area (Å²) in [7, 11) is 8.28. The SMILES string of the molecule is CC(C)CCC[C@@H](C)C1CCC2C3CC=C4CC(OCCNc5c(N(CCCN(C)C)CCCN(C)C)c(=O)c5=O)CCC4(C)C3CCC21C.NC=O. The Morgan fingerprint density at radius 1 is 0.887 bits per heavy atom. The van der Waals surface area contributed by atoms with Crippen molar-refractivity contribution in [1.29, 1.82) is 0 Å². The first-order valence-corrected chi connectivity index (χ1v) is 21.3. The predicted octanol–water partition coefficient (Wildman–Crippen LogP) is 6.93. The molecule has 0 aliphatic heterocycles. The molecule has 4 aliphatic rings. The molecule has 9 nitrogen and oxygen atoms in total. The Hall–Kier alpha value is -2.23. The van der Waals surface area contributed by atoms with E-state index in [0.717, 1.165) is 87.4 Å². The first-order valence-electron chi connectivity index (χ1n) is 21.3. The fraction of sp³-hybridized carbons (Fsp3) is 0.841. The molecule has 3 saturated carbocycles. The largest absolute Gasteiger partial charge is 0.378 e. The Morgan fingerprint density at radius 3 is 2.17 bits per heavy atom. The predicted molar refractivity (Wildman–Crippen MR) is 221 cm³/mol. The first kappa shape index (κ1) is 43.5. The smallest absolute Gasteiger partial charge is 0.253 e. The van der Waals surface area contributed by atoms with E-state index in [1.807, 2.05) is 0 Å². The maximum atomic E-state index is 12.8. The molecule has 8 atom stereocenters. The number of rotatable bonds is 19. The second-order valence-corrected chi connectivity index (χ2v) is 18.8. The number of nitrogens with zero attached hydrogens (tertiary/aromatic N) is 3. The van der Waals surface area contributed by atoms with Gasteiger partial charge in [-0.15, -0.1) is 0 Å². The Kier molecular flexibility index (Phi) is 16.1. The highest BCUT2D eigenvalue weighted by atomic mass is 16.5. The minimum absolute atomic E-state index is 0.241. The van der Waals surface area contributed by atoms with Crippen molar-refractivity contribution in [1.82, 2.24) is 9.80 Å². The molecule has 7 unspecified atom stereocenters. The summed E-state index contributed by atoms with van der Waals surface area (Å²) in [5, 5.41) is 3.33. The number of hydrogen-bond acceptors (Lipinski definition) is 8. The number of primary amides is 1. The highest BCUT2D eigenvalue weighted by Crippen LogP contribution is 2.67. The van der Waals surface area contributed by atoms with Crippen molar-refractivity contribution in [2.75, 3.05) is 77.7 Å². The van der Waals surface area contributed by atoms with E-state index in [0.29, 0.717) is 35.4 Å². The minimum atomic E-state index is -0.377. The average Bonchev–Trinajstić information content (AvgIpc) is 3.46. The second-order valence-electron chi connectivity index (χ2n) is 18.8. The Bertz CT molecular complexity index is 1390. The molecule has 1 aromatic carbocycles. The third kappa shape index (κ3) is 10.3. The van der Waals surface area contributed by atoms with Gasteiger partial charge in [-0.2, -0.15) is 0 Å². The molecule has 4 aliphatic carbocycles. The van der Waals surface area contributed by atoms with Gasteiger partial charge in [-0.1, -0.05) is 65.5 Å². The topological polar surface area (TPSA) is 108 Å². The second kappa shape index (κ2) is 19.6. The molecular weight excluding hydrogens is 663 g/mol. The zero-order chi connectivity index (χ0) is 38.9. The number of ether oxygens (including phenoxy) is 1. The Balaban J connectivity index is 0.00000202. The Labute approximate surface area is 322 Å². The van der Waals surface area contributed by atoms with Gasteiger partial charge < -0.3 is 30.5 Å². The van der Waals surface area contributed by atoms with E-state index in [2.05, 4.69) is 94.6 Å². The zero-order valence-electron chi connectivity index (χ0n) is 35.2. The normalized spacial score (nSPS) is 30.0. The quantitative estimate of drug-likeness (QED) is 0.0681. The molecule has 0 heterocycles. The number of hydrogen-bond donors (Lipinski definition) is 2. The highest BCUT2D eigenvalue weighted by Gasteiger charge is 2.59. The van der Waals surface area contributed by atoms with Gasteiger partial charge in [0.2, 0.25) is 6.41 Å². The lowest BCUT2D eigenvalue weighted by atomic mass is 9.47. The summed E-state index contributed by atoms with van der Waals surface area (Å²) >= 11 is 0. The van der Waals surface area contributed by atoms with Crippen molar-refractivity contribution in [2.24, 2.45) is 52.1 Å². The van der Waals surface area contributed by atoms with Crippen molar-refractivity contribution >= 4 is 17.8 Å². The van der Waals surface area contributed by atoms with Crippen LogP contribution in [0.25, 0.3) is 0 Å². The van der Waals surface area contributed by atoms with E-state index in [4.69, 9.17) is 9.53 Å². The van der Waals surface area contributed by atoms with Gasteiger partial charge in [-0.05, 0) is 152 Å². The number of allylic oxidation sites excluding steroid dienone is 1. The lowest BCUT2D eigenvalue weighted by Crippen LogP contribution is -2.51. The van der Waals surface area contributed by atoms with Crippen LogP contribution >= 0.6 is 0 Å². The van der Waals surface area contributed by atoms with E-state index in [1.54, 1.807) is 5.57 Å². The van der Waals surface area contributed by atoms with Crippen molar-refractivity contribution in [2.45, 2.75) is 124 Å². The van der Waals surface area contributed by atoms with Gasteiger partial charge in [0.15, 0.2) is 0 Å². The molecule has 302 valence electrons. The average molecular weight is 740 g/mol. The van der Waals surface area contributed by atoms with Gasteiger partial charge in [0, 0.05) is 19.6 Å². The summed E-state index contributed by atoms with van der Waals surface area (Å²) in [6.45, 7) is 17.2. The van der Waals surface area contributed by atoms with Crippen LogP contribution in [0.4, 0.5) is 11.4 Å². The van der Waals surface area contributed by atoms with Crippen LogP contribution < -0.4 is 26.8 Å². The third-order valence-electron chi connectivity index (χ3n) is 14.3. The maximum absolute atomic E-state index is 12.8. The van der Waals surface area contributed by atoms with Crippen LogP contribution in [0.3, 0.4) is 0 Å². The summed E-state index contributed by atoms with van der Waals surface area (Å²) in [4.78, 5) is 40.5. The van der Waals surface area contributed by atoms with Crippen LogP contribution in [0, 0.1) is 46.3 Å². The summed E-state index contributed by atoms with van der Waals surface area (Å²) < 4.78 is 6.50. The number of carbonyl (C=O) groups excluding carboxylic acids is 1. The van der Waals surface area contributed by atoms with Crippen molar-refractivity contribution < 1.29 is 9.53 Å². The highest BCUT2D eigenvalue weighted by molar-refractivity contribution is 5.75. The van der Waals surface area contributed by atoms with E-state index in [-0.39, 0.29) is 23.4 Å². The van der Waals surface area contributed by atoms with Crippen molar-refractivity contribution in [3.8, 4) is 0 Å². The molecule has 1 aromatic rings. The fourth-order valence-corrected chi connectivity index (χ4v) is 11.5. The number of carbonyl (C=O) groups is 1. The number of amides is 1. The van der Waals surface area contributed by atoms with Gasteiger partial charge in [0.05, 0.1) is 12.7 Å². The van der Waals surface area contributed by atoms with Crippen molar-refractivity contribution in [3.63, 3.8) is 0 Å². The van der Waals surface area contributed by atoms with E-state index in [1.165, 1.54) is 57.8 Å².